The molecule has 0 aliphatic rings. The van der Waals surface area contributed by atoms with E-state index in [1.54, 1.807) is 0 Å². The lowest BCUT2D eigenvalue weighted by atomic mass is 9.99. The summed E-state index contributed by atoms with van der Waals surface area (Å²) in [6, 6.07) is 72.1. The fraction of sp³-hybridized carbons (Fsp3) is 0. The van der Waals surface area contributed by atoms with Crippen LogP contribution in [-0.2, 0) is 0 Å². The summed E-state index contributed by atoms with van der Waals surface area (Å²) in [5.41, 5.74) is 12.2. The molecule has 0 unspecified atom stereocenters. The number of fused-ring (bicyclic) bond motifs is 8. The third kappa shape index (κ3) is 5.52. The van der Waals surface area contributed by atoms with Gasteiger partial charge in [0.05, 0.1) is 22.1 Å². The third-order valence-corrected chi connectivity index (χ3v) is 11.6. The Labute approximate surface area is 345 Å². The van der Waals surface area contributed by atoms with E-state index in [-0.39, 0.29) is 0 Å². The monoisotopic (exact) mass is 766 g/mol. The molecule has 0 aliphatic heterocycles. The molecule has 12 aromatic rings. The minimum Gasteiger partial charge on any atom is -0.455 e. The third-order valence-electron chi connectivity index (χ3n) is 11.6. The Hall–Kier alpha value is -8.15. The lowest BCUT2D eigenvalue weighted by molar-refractivity contribution is 0.670. The maximum atomic E-state index is 6.89. The smallest absolute Gasteiger partial charge is 0.164 e. The number of rotatable bonds is 6. The highest BCUT2D eigenvalue weighted by molar-refractivity contribution is 6.23. The molecule has 0 bridgehead atoms. The van der Waals surface area contributed by atoms with Gasteiger partial charge in [-0.2, -0.15) is 0 Å². The van der Waals surface area contributed by atoms with Gasteiger partial charge in [0.15, 0.2) is 17.5 Å². The van der Waals surface area contributed by atoms with Crippen LogP contribution in [0, 0.1) is 0 Å². The van der Waals surface area contributed by atoms with Gasteiger partial charge in [-0.05, 0) is 69.9 Å². The van der Waals surface area contributed by atoms with Gasteiger partial charge in [-0.15, -0.1) is 0 Å². The highest BCUT2D eigenvalue weighted by Gasteiger charge is 2.22. The molecule has 0 fully saturated rings. The van der Waals surface area contributed by atoms with E-state index in [1.165, 1.54) is 32.7 Å². The number of para-hydroxylation sites is 1. The number of hydrogen-bond acceptors (Lipinski definition) is 4. The zero-order valence-electron chi connectivity index (χ0n) is 32.3. The van der Waals surface area contributed by atoms with Crippen LogP contribution in [0.25, 0.3) is 117 Å². The van der Waals surface area contributed by atoms with Gasteiger partial charge in [-0.25, -0.2) is 15.0 Å². The van der Waals surface area contributed by atoms with Crippen LogP contribution in [0.3, 0.4) is 0 Å². The SMILES string of the molecule is c1ccc(-c2ccc3c(c2)c2c4ccccc4ccc2n3-c2ccc(-c3cccc(-c4nc(-c5ccccc5)nc(-c5ccccc5)n4)c3)c3oc4ccccc4c23)cc1. The van der Waals surface area contributed by atoms with E-state index in [1.807, 2.05) is 66.7 Å². The van der Waals surface area contributed by atoms with Gasteiger partial charge in [0.25, 0.3) is 0 Å². The van der Waals surface area contributed by atoms with Gasteiger partial charge >= 0.3 is 0 Å². The fourth-order valence-corrected chi connectivity index (χ4v) is 8.85. The molecule has 280 valence electrons. The van der Waals surface area contributed by atoms with Crippen molar-refractivity contribution in [2.75, 3.05) is 0 Å². The van der Waals surface area contributed by atoms with Crippen molar-refractivity contribution >= 4 is 54.5 Å². The van der Waals surface area contributed by atoms with Crippen molar-refractivity contribution in [1.29, 1.82) is 0 Å². The van der Waals surface area contributed by atoms with Crippen molar-refractivity contribution in [2.45, 2.75) is 0 Å². The summed E-state index contributed by atoms with van der Waals surface area (Å²) < 4.78 is 9.32. The van der Waals surface area contributed by atoms with E-state index in [0.29, 0.717) is 17.5 Å². The second kappa shape index (κ2) is 13.8. The van der Waals surface area contributed by atoms with Crippen molar-refractivity contribution in [2.24, 2.45) is 0 Å². The average Bonchev–Trinajstić information content (AvgIpc) is 3.88. The van der Waals surface area contributed by atoms with E-state index in [4.69, 9.17) is 19.4 Å². The molecule has 3 heterocycles. The van der Waals surface area contributed by atoms with Crippen molar-refractivity contribution in [1.82, 2.24) is 19.5 Å². The summed E-state index contributed by atoms with van der Waals surface area (Å²) >= 11 is 0. The molecule has 9 aromatic carbocycles. The number of hydrogen-bond donors (Lipinski definition) is 0. The van der Waals surface area contributed by atoms with E-state index in [9.17, 15) is 0 Å². The van der Waals surface area contributed by atoms with Crippen LogP contribution in [0.5, 0.6) is 0 Å². The van der Waals surface area contributed by atoms with Crippen molar-refractivity contribution in [3.05, 3.63) is 206 Å². The quantitative estimate of drug-likeness (QED) is 0.169. The standard InChI is InChI=1S/C55H34N4O/c1-4-15-35(16-5-1)39-28-30-46-45(34-39)50-42-24-11-10-17-36(42)27-31-47(50)59(46)48-32-29-43(52-51(48)44-25-12-13-26-49(44)60-52)40-22-14-23-41(33-40)55-57-53(37-18-6-2-7-19-37)56-54(58-55)38-20-8-3-9-21-38/h1-34H. The fourth-order valence-electron chi connectivity index (χ4n) is 8.85. The number of benzene rings is 9. The summed E-state index contributed by atoms with van der Waals surface area (Å²) in [5.74, 6) is 1.86. The Morgan fingerprint density at radius 3 is 1.67 bits per heavy atom. The predicted molar refractivity (Wildman–Crippen MR) is 246 cm³/mol. The molecule has 0 N–H and O–H groups in total. The zero-order valence-corrected chi connectivity index (χ0v) is 32.3. The second-order valence-corrected chi connectivity index (χ2v) is 15.2. The first-order valence-electron chi connectivity index (χ1n) is 20.2. The minimum atomic E-state index is 0.606. The Morgan fingerprint density at radius 2 is 0.933 bits per heavy atom. The molecule has 0 saturated heterocycles. The number of furan rings is 1. The molecular weight excluding hydrogens is 733 g/mol. The van der Waals surface area contributed by atoms with E-state index < -0.39 is 0 Å². The van der Waals surface area contributed by atoms with Gasteiger partial charge in [-0.1, -0.05) is 164 Å². The Balaban J connectivity index is 1.08. The van der Waals surface area contributed by atoms with Crippen LogP contribution >= 0.6 is 0 Å². The summed E-state index contributed by atoms with van der Waals surface area (Å²) in [7, 11) is 0. The summed E-state index contributed by atoms with van der Waals surface area (Å²) in [4.78, 5) is 15.0. The molecule has 5 nitrogen and oxygen atoms in total. The first-order chi connectivity index (χ1) is 29.7. The van der Waals surface area contributed by atoms with Crippen LogP contribution in [0.2, 0.25) is 0 Å². The van der Waals surface area contributed by atoms with Gasteiger partial charge < -0.3 is 8.98 Å². The second-order valence-electron chi connectivity index (χ2n) is 15.2. The molecule has 0 aliphatic carbocycles. The molecule has 0 amide bonds. The highest BCUT2D eigenvalue weighted by atomic mass is 16.3. The molecule has 0 atom stereocenters. The first kappa shape index (κ1) is 33.9. The highest BCUT2D eigenvalue weighted by Crippen LogP contribution is 2.44. The maximum Gasteiger partial charge on any atom is 0.164 e. The molecule has 0 radical (unpaired) electrons. The summed E-state index contributed by atoms with van der Waals surface area (Å²) in [6.45, 7) is 0. The first-order valence-corrected chi connectivity index (χ1v) is 20.2. The van der Waals surface area contributed by atoms with Gasteiger partial charge in [0.1, 0.15) is 11.2 Å². The molecule has 0 saturated carbocycles. The Morgan fingerprint density at radius 1 is 0.350 bits per heavy atom. The van der Waals surface area contributed by atoms with E-state index in [0.717, 1.165) is 66.5 Å². The lowest BCUT2D eigenvalue weighted by Crippen LogP contribution is -2.00. The lowest BCUT2D eigenvalue weighted by Gasteiger charge is -2.13. The van der Waals surface area contributed by atoms with Crippen molar-refractivity contribution in [3.8, 4) is 62.1 Å². The minimum absolute atomic E-state index is 0.606. The zero-order chi connectivity index (χ0) is 39.6. The van der Waals surface area contributed by atoms with Crippen LogP contribution in [0.1, 0.15) is 0 Å². The summed E-state index contributed by atoms with van der Waals surface area (Å²) in [5, 5.41) is 7.02. The molecule has 60 heavy (non-hydrogen) atoms. The van der Waals surface area contributed by atoms with Crippen LogP contribution < -0.4 is 0 Å². The van der Waals surface area contributed by atoms with Crippen LogP contribution in [0.4, 0.5) is 0 Å². The Kier molecular flexibility index (Phi) is 7.78. The maximum absolute atomic E-state index is 6.89. The van der Waals surface area contributed by atoms with Crippen LogP contribution in [0.15, 0.2) is 211 Å². The van der Waals surface area contributed by atoms with Crippen molar-refractivity contribution in [3.63, 3.8) is 0 Å². The largest absolute Gasteiger partial charge is 0.455 e. The average molecular weight is 767 g/mol. The van der Waals surface area contributed by atoms with Gasteiger partial charge in [0, 0.05) is 38.4 Å². The Bertz CT molecular complexity index is 3530. The molecule has 3 aromatic heterocycles. The van der Waals surface area contributed by atoms with Crippen molar-refractivity contribution < 1.29 is 4.42 Å². The summed E-state index contributed by atoms with van der Waals surface area (Å²) in [6.07, 6.45) is 0. The van der Waals surface area contributed by atoms with Gasteiger partial charge in [0.2, 0.25) is 0 Å². The normalized spacial score (nSPS) is 11.7. The molecular formula is C55H34N4O. The molecule has 12 rings (SSSR count). The van der Waals surface area contributed by atoms with Gasteiger partial charge in [-0.3, -0.25) is 0 Å². The molecule has 0 spiro atoms. The topological polar surface area (TPSA) is 56.7 Å². The number of aromatic nitrogens is 4. The van der Waals surface area contributed by atoms with E-state index >= 15 is 0 Å². The molecule has 5 heteroatoms. The predicted octanol–water partition coefficient (Wildman–Crippen LogP) is 14.4. The van der Waals surface area contributed by atoms with E-state index in [2.05, 4.69) is 144 Å². The number of nitrogens with zero attached hydrogens (tertiary/aromatic N) is 4. The van der Waals surface area contributed by atoms with Crippen LogP contribution in [-0.4, -0.2) is 19.5 Å².